The second-order valence-electron chi connectivity index (χ2n) is 4.29. The Hall–Kier alpha value is -2.14. The Kier molecular flexibility index (Phi) is 3.29. The highest BCUT2D eigenvalue weighted by Gasteiger charge is 2.06. The number of anilines is 1. The Morgan fingerprint density at radius 2 is 2.00 bits per heavy atom. The van der Waals surface area contributed by atoms with Gasteiger partial charge >= 0.3 is 0 Å². The summed E-state index contributed by atoms with van der Waals surface area (Å²) in [6.45, 7) is 2.10. The van der Waals surface area contributed by atoms with Crippen molar-refractivity contribution in [3.05, 3.63) is 53.8 Å². The normalized spacial score (nSPS) is 12.3. The number of aromatic amines is 1. The number of aromatic nitrogens is 3. The van der Waals surface area contributed by atoms with E-state index >= 15 is 0 Å². The molecule has 0 bridgehead atoms. The van der Waals surface area contributed by atoms with Crippen molar-refractivity contribution < 1.29 is 0 Å². The molecule has 0 aliphatic carbocycles. The molecule has 0 saturated heterocycles. The third-order valence-corrected chi connectivity index (χ3v) is 3.76. The van der Waals surface area contributed by atoms with Gasteiger partial charge in [-0.3, -0.25) is 5.10 Å². The van der Waals surface area contributed by atoms with E-state index in [0.717, 1.165) is 22.0 Å². The molecule has 2 N–H and O–H groups in total. The van der Waals surface area contributed by atoms with E-state index in [4.69, 9.17) is 0 Å². The number of rotatable bonds is 4. The molecule has 4 nitrogen and oxygen atoms in total. The van der Waals surface area contributed by atoms with Gasteiger partial charge in [-0.2, -0.15) is 5.10 Å². The summed E-state index contributed by atoms with van der Waals surface area (Å²) in [5, 5.41) is 13.4. The predicted octanol–water partition coefficient (Wildman–Crippen LogP) is 3.71. The molecule has 1 unspecified atom stereocenters. The van der Waals surface area contributed by atoms with Crippen LogP contribution in [0.2, 0.25) is 0 Å². The van der Waals surface area contributed by atoms with E-state index in [-0.39, 0.29) is 6.04 Å². The molecule has 2 heterocycles. The zero-order valence-electron chi connectivity index (χ0n) is 10.5. The summed E-state index contributed by atoms with van der Waals surface area (Å²) >= 11 is 1.65. The first kappa shape index (κ1) is 11.9. The van der Waals surface area contributed by atoms with E-state index in [2.05, 4.69) is 51.7 Å². The van der Waals surface area contributed by atoms with E-state index in [1.807, 2.05) is 17.6 Å². The first-order valence-corrected chi connectivity index (χ1v) is 6.96. The zero-order valence-corrected chi connectivity index (χ0v) is 11.3. The van der Waals surface area contributed by atoms with E-state index in [1.54, 1.807) is 17.5 Å². The van der Waals surface area contributed by atoms with Crippen LogP contribution in [0.25, 0.3) is 10.6 Å². The van der Waals surface area contributed by atoms with Crippen LogP contribution < -0.4 is 5.32 Å². The van der Waals surface area contributed by atoms with Crippen LogP contribution in [0.4, 0.5) is 5.69 Å². The molecule has 0 spiro atoms. The second-order valence-corrected chi connectivity index (χ2v) is 5.19. The summed E-state index contributed by atoms with van der Waals surface area (Å²) in [5.74, 6) is 0. The lowest BCUT2D eigenvalue weighted by Gasteiger charge is -2.13. The van der Waals surface area contributed by atoms with Crippen LogP contribution in [0.1, 0.15) is 18.7 Å². The largest absolute Gasteiger partial charge is 0.377 e. The molecule has 3 rings (SSSR count). The second kappa shape index (κ2) is 5.24. The highest BCUT2D eigenvalue weighted by Crippen LogP contribution is 2.24. The summed E-state index contributed by atoms with van der Waals surface area (Å²) in [6, 6.07) is 10.5. The van der Waals surface area contributed by atoms with E-state index in [9.17, 15) is 0 Å². The van der Waals surface area contributed by atoms with Crippen molar-refractivity contribution >= 4 is 17.0 Å². The molecule has 96 valence electrons. The molecule has 0 amide bonds. The Balaban J connectivity index is 1.73. The third kappa shape index (κ3) is 2.66. The number of hydrogen-bond acceptors (Lipinski definition) is 4. The smallest absolute Gasteiger partial charge is 0.123 e. The number of nitrogens with one attached hydrogen (secondary N) is 2. The molecule has 3 aromatic rings. The maximum Gasteiger partial charge on any atom is 0.123 e. The zero-order chi connectivity index (χ0) is 13.1. The summed E-state index contributed by atoms with van der Waals surface area (Å²) in [6.07, 6.45) is 3.59. The molecule has 2 aromatic heterocycles. The topological polar surface area (TPSA) is 53.6 Å². The van der Waals surface area contributed by atoms with Gasteiger partial charge in [-0.25, -0.2) is 4.98 Å². The predicted molar refractivity (Wildman–Crippen MR) is 78.2 cm³/mol. The van der Waals surface area contributed by atoms with Gasteiger partial charge in [0.1, 0.15) is 5.01 Å². The van der Waals surface area contributed by atoms with Crippen molar-refractivity contribution in [1.29, 1.82) is 0 Å². The van der Waals surface area contributed by atoms with Gasteiger partial charge in [0.05, 0.1) is 11.7 Å². The summed E-state index contributed by atoms with van der Waals surface area (Å²) in [7, 11) is 0. The minimum absolute atomic E-state index is 0.202. The van der Waals surface area contributed by atoms with Gasteiger partial charge in [0.15, 0.2) is 0 Å². The fraction of sp³-hybridized carbons (Fsp3) is 0.143. The Morgan fingerprint density at radius 1 is 1.16 bits per heavy atom. The van der Waals surface area contributed by atoms with Crippen LogP contribution in [0.5, 0.6) is 0 Å². The molecule has 5 heteroatoms. The summed E-state index contributed by atoms with van der Waals surface area (Å²) in [4.78, 5) is 4.30. The minimum Gasteiger partial charge on any atom is -0.377 e. The van der Waals surface area contributed by atoms with Crippen LogP contribution in [0.3, 0.4) is 0 Å². The average molecular weight is 270 g/mol. The van der Waals surface area contributed by atoms with E-state index < -0.39 is 0 Å². The maximum absolute atomic E-state index is 4.30. The maximum atomic E-state index is 4.30. The Bertz CT molecular complexity index is 614. The summed E-state index contributed by atoms with van der Waals surface area (Å²) in [5.41, 5.74) is 3.31. The molecular formula is C14H14N4S. The van der Waals surface area contributed by atoms with Gasteiger partial charge < -0.3 is 5.32 Å². The van der Waals surface area contributed by atoms with Crippen molar-refractivity contribution in [3.63, 3.8) is 0 Å². The first-order valence-electron chi connectivity index (χ1n) is 6.08. The molecule has 0 aliphatic rings. The van der Waals surface area contributed by atoms with Gasteiger partial charge in [-0.15, -0.1) is 11.3 Å². The summed E-state index contributed by atoms with van der Waals surface area (Å²) < 4.78 is 0. The minimum atomic E-state index is 0.202. The van der Waals surface area contributed by atoms with Crippen LogP contribution in [0.15, 0.2) is 48.1 Å². The quantitative estimate of drug-likeness (QED) is 0.760. The molecule has 0 radical (unpaired) electrons. The van der Waals surface area contributed by atoms with Crippen molar-refractivity contribution in [2.24, 2.45) is 0 Å². The van der Waals surface area contributed by atoms with Gasteiger partial charge in [-0.05, 0) is 37.3 Å². The number of hydrogen-bond donors (Lipinski definition) is 2. The molecule has 1 aromatic carbocycles. The highest BCUT2D eigenvalue weighted by molar-refractivity contribution is 7.13. The van der Waals surface area contributed by atoms with Crippen LogP contribution in [-0.2, 0) is 0 Å². The molecule has 19 heavy (non-hydrogen) atoms. The third-order valence-electron chi connectivity index (χ3n) is 2.94. The fourth-order valence-corrected chi connectivity index (χ4v) is 2.56. The average Bonchev–Trinajstić information content (AvgIpc) is 3.13. The van der Waals surface area contributed by atoms with Crippen LogP contribution >= 0.6 is 11.3 Å². The fourth-order valence-electron chi connectivity index (χ4n) is 1.91. The molecular weight excluding hydrogens is 256 g/mol. The SMILES string of the molecule is CC(Nc1ccc(-c2nccs2)cc1)c1ccn[nH]1. The Morgan fingerprint density at radius 3 is 2.63 bits per heavy atom. The van der Waals surface area contributed by atoms with Crippen LogP contribution in [-0.4, -0.2) is 15.2 Å². The van der Waals surface area contributed by atoms with Crippen molar-refractivity contribution in [1.82, 2.24) is 15.2 Å². The lowest BCUT2D eigenvalue weighted by molar-refractivity contribution is 0.826. The van der Waals surface area contributed by atoms with Crippen LogP contribution in [0, 0.1) is 0 Å². The standard InChI is InChI=1S/C14H14N4S/c1-10(13-6-7-16-18-13)17-12-4-2-11(3-5-12)14-15-8-9-19-14/h2-10,17H,1H3,(H,16,18). The molecule has 1 atom stereocenters. The van der Waals surface area contributed by atoms with E-state index in [0.29, 0.717) is 0 Å². The van der Waals surface area contributed by atoms with Crippen molar-refractivity contribution in [2.75, 3.05) is 5.32 Å². The number of H-pyrrole nitrogens is 1. The van der Waals surface area contributed by atoms with Gasteiger partial charge in [-0.1, -0.05) is 0 Å². The van der Waals surface area contributed by atoms with Crippen molar-refractivity contribution in [3.8, 4) is 10.6 Å². The van der Waals surface area contributed by atoms with Crippen molar-refractivity contribution in [2.45, 2.75) is 13.0 Å². The lowest BCUT2D eigenvalue weighted by Crippen LogP contribution is -2.06. The van der Waals surface area contributed by atoms with Gasteiger partial charge in [0.2, 0.25) is 0 Å². The molecule has 0 aliphatic heterocycles. The lowest BCUT2D eigenvalue weighted by atomic mass is 10.2. The number of thiazole rings is 1. The first-order chi connectivity index (χ1) is 9.33. The number of benzene rings is 1. The molecule has 0 fully saturated rings. The highest BCUT2D eigenvalue weighted by atomic mass is 32.1. The number of nitrogens with zero attached hydrogens (tertiary/aromatic N) is 2. The monoisotopic (exact) mass is 270 g/mol. The Labute approximate surface area is 115 Å². The van der Waals surface area contributed by atoms with Gasteiger partial charge in [0.25, 0.3) is 0 Å². The van der Waals surface area contributed by atoms with E-state index in [1.165, 1.54) is 0 Å². The van der Waals surface area contributed by atoms with Gasteiger partial charge in [0, 0.05) is 29.0 Å². The molecule has 0 saturated carbocycles.